The molecule has 2 aromatic heterocycles. The lowest BCUT2D eigenvalue weighted by atomic mass is 9.99. The van der Waals surface area contributed by atoms with E-state index in [2.05, 4.69) is 43.4 Å². The Balaban J connectivity index is 1.71. The lowest BCUT2D eigenvalue weighted by Gasteiger charge is -2.11. The Hall–Kier alpha value is -2.98. The van der Waals surface area contributed by atoms with Gasteiger partial charge in [0.1, 0.15) is 0 Å². The molecule has 0 saturated carbocycles. The highest BCUT2D eigenvalue weighted by molar-refractivity contribution is 7.09. The predicted molar refractivity (Wildman–Crippen MR) is 117 cm³/mol. The molecule has 0 aliphatic heterocycles. The van der Waals surface area contributed by atoms with Gasteiger partial charge in [0.2, 0.25) is 0 Å². The maximum atomic E-state index is 12.9. The Morgan fingerprint density at radius 1 is 1.04 bits per heavy atom. The lowest BCUT2D eigenvalue weighted by Crippen LogP contribution is -2.22. The molecule has 2 aromatic carbocycles. The third-order valence-corrected chi connectivity index (χ3v) is 5.71. The Morgan fingerprint density at radius 2 is 1.82 bits per heavy atom. The second-order valence-corrected chi connectivity index (χ2v) is 8.14. The molecule has 0 unspecified atom stereocenters. The minimum Gasteiger partial charge on any atom is -0.347 e. The van der Waals surface area contributed by atoms with Crippen LogP contribution in [-0.4, -0.2) is 10.9 Å². The zero-order valence-electron chi connectivity index (χ0n) is 16.0. The molecule has 0 spiro atoms. The molecule has 4 aromatic rings. The molecule has 0 aliphatic carbocycles. The number of hydrogen-bond acceptors (Lipinski definition) is 3. The molecule has 1 N–H and O–H groups in total. The number of benzene rings is 2. The van der Waals surface area contributed by atoms with Crippen molar-refractivity contribution in [2.75, 3.05) is 0 Å². The molecule has 28 heavy (non-hydrogen) atoms. The molecular weight excluding hydrogens is 364 g/mol. The van der Waals surface area contributed by atoms with Gasteiger partial charge in [-0.3, -0.25) is 4.79 Å². The van der Waals surface area contributed by atoms with Crippen LogP contribution in [0, 0.1) is 0 Å². The number of carbonyl (C=O) groups is 1. The fourth-order valence-corrected chi connectivity index (χ4v) is 3.87. The number of rotatable bonds is 5. The molecule has 2 heterocycles. The van der Waals surface area contributed by atoms with Crippen LogP contribution in [-0.2, 0) is 6.54 Å². The third kappa shape index (κ3) is 3.82. The number of nitrogens with zero attached hydrogens (tertiary/aromatic N) is 1. The summed E-state index contributed by atoms with van der Waals surface area (Å²) in [5.74, 6) is 0.407. The van der Waals surface area contributed by atoms with Gasteiger partial charge in [-0.25, -0.2) is 4.98 Å². The van der Waals surface area contributed by atoms with E-state index in [1.54, 1.807) is 11.3 Å². The van der Waals surface area contributed by atoms with E-state index in [1.165, 1.54) is 5.56 Å². The molecule has 0 bridgehead atoms. The maximum absolute atomic E-state index is 12.9. The zero-order chi connectivity index (χ0) is 19.5. The molecule has 140 valence electrons. The zero-order valence-corrected chi connectivity index (χ0v) is 16.8. The van der Waals surface area contributed by atoms with E-state index in [0.717, 1.165) is 27.0 Å². The van der Waals surface area contributed by atoms with Crippen molar-refractivity contribution in [1.82, 2.24) is 10.3 Å². The van der Waals surface area contributed by atoms with E-state index >= 15 is 0 Å². The Morgan fingerprint density at radius 3 is 2.54 bits per heavy atom. The number of aromatic nitrogens is 1. The van der Waals surface area contributed by atoms with Crippen LogP contribution in [0.1, 0.15) is 40.6 Å². The molecule has 3 nitrogen and oxygen atoms in total. The average molecular weight is 387 g/mol. The molecule has 0 radical (unpaired) electrons. The number of thiophene rings is 1. The SMILES string of the molecule is CC(C)c1ccc(-c2cc(C(=O)NCc3cccs3)c3ccccc3n2)cc1. The summed E-state index contributed by atoms with van der Waals surface area (Å²) < 4.78 is 0. The van der Waals surface area contributed by atoms with Crippen LogP contribution >= 0.6 is 11.3 Å². The van der Waals surface area contributed by atoms with Crippen LogP contribution in [0.3, 0.4) is 0 Å². The number of para-hydroxylation sites is 1. The fraction of sp³-hybridized carbons (Fsp3) is 0.167. The fourth-order valence-electron chi connectivity index (χ4n) is 3.23. The van der Waals surface area contributed by atoms with Gasteiger partial charge in [-0.1, -0.05) is 62.4 Å². The summed E-state index contributed by atoms with van der Waals surface area (Å²) in [6.45, 7) is 4.89. The van der Waals surface area contributed by atoms with E-state index in [-0.39, 0.29) is 5.91 Å². The van der Waals surface area contributed by atoms with Gasteiger partial charge in [0.15, 0.2) is 0 Å². The van der Waals surface area contributed by atoms with Crippen molar-refractivity contribution in [2.24, 2.45) is 0 Å². The summed E-state index contributed by atoms with van der Waals surface area (Å²) in [7, 11) is 0. The van der Waals surface area contributed by atoms with Gasteiger partial charge >= 0.3 is 0 Å². The van der Waals surface area contributed by atoms with Gasteiger partial charge in [-0.15, -0.1) is 11.3 Å². The van der Waals surface area contributed by atoms with Crippen LogP contribution < -0.4 is 5.32 Å². The van der Waals surface area contributed by atoms with Gasteiger partial charge in [0.25, 0.3) is 5.91 Å². The number of amides is 1. The minimum atomic E-state index is -0.0768. The summed E-state index contributed by atoms with van der Waals surface area (Å²) in [4.78, 5) is 18.9. The molecule has 1 amide bonds. The van der Waals surface area contributed by atoms with E-state index in [9.17, 15) is 4.79 Å². The highest BCUT2D eigenvalue weighted by atomic mass is 32.1. The van der Waals surface area contributed by atoms with Crippen LogP contribution in [0.2, 0.25) is 0 Å². The first-order valence-electron chi connectivity index (χ1n) is 9.42. The van der Waals surface area contributed by atoms with E-state index in [1.807, 2.05) is 47.8 Å². The van der Waals surface area contributed by atoms with Crippen molar-refractivity contribution < 1.29 is 4.79 Å². The number of pyridine rings is 1. The van der Waals surface area contributed by atoms with Crippen LogP contribution in [0.5, 0.6) is 0 Å². The van der Waals surface area contributed by atoms with E-state index in [0.29, 0.717) is 18.0 Å². The van der Waals surface area contributed by atoms with Crippen molar-refractivity contribution in [2.45, 2.75) is 26.3 Å². The number of carbonyl (C=O) groups excluding carboxylic acids is 1. The van der Waals surface area contributed by atoms with Gasteiger partial charge in [0, 0.05) is 15.8 Å². The summed E-state index contributed by atoms with van der Waals surface area (Å²) >= 11 is 1.64. The Bertz CT molecular complexity index is 1100. The number of nitrogens with one attached hydrogen (secondary N) is 1. The summed E-state index contributed by atoms with van der Waals surface area (Å²) in [6, 6.07) is 22.2. The normalized spacial score (nSPS) is 11.1. The van der Waals surface area contributed by atoms with E-state index < -0.39 is 0 Å². The first-order valence-corrected chi connectivity index (χ1v) is 10.3. The van der Waals surface area contributed by atoms with Gasteiger partial charge in [0.05, 0.1) is 23.3 Å². The topological polar surface area (TPSA) is 42.0 Å². The molecule has 4 rings (SSSR count). The van der Waals surface area contributed by atoms with Gasteiger partial charge < -0.3 is 5.32 Å². The number of fused-ring (bicyclic) bond motifs is 1. The monoisotopic (exact) mass is 386 g/mol. The lowest BCUT2D eigenvalue weighted by molar-refractivity contribution is 0.0953. The highest BCUT2D eigenvalue weighted by Gasteiger charge is 2.14. The highest BCUT2D eigenvalue weighted by Crippen LogP contribution is 2.26. The molecule has 0 atom stereocenters. The first-order chi connectivity index (χ1) is 13.6. The summed E-state index contributed by atoms with van der Waals surface area (Å²) in [5.41, 5.74) is 4.61. The Labute approximate surface area is 169 Å². The summed E-state index contributed by atoms with van der Waals surface area (Å²) in [6.07, 6.45) is 0. The van der Waals surface area contributed by atoms with Crippen molar-refractivity contribution in [3.05, 3.63) is 88.1 Å². The predicted octanol–water partition coefficient (Wildman–Crippen LogP) is 6.02. The largest absolute Gasteiger partial charge is 0.347 e. The molecule has 0 aliphatic rings. The average Bonchev–Trinajstić information content (AvgIpc) is 3.25. The summed E-state index contributed by atoms with van der Waals surface area (Å²) in [5, 5.41) is 5.93. The van der Waals surface area contributed by atoms with Gasteiger partial charge in [-0.2, -0.15) is 0 Å². The first kappa shape index (κ1) is 18.4. The van der Waals surface area contributed by atoms with Crippen molar-refractivity contribution >= 4 is 28.1 Å². The minimum absolute atomic E-state index is 0.0768. The molecular formula is C24H22N2OS. The van der Waals surface area contributed by atoms with Crippen molar-refractivity contribution in [3.63, 3.8) is 0 Å². The quantitative estimate of drug-likeness (QED) is 0.456. The molecule has 0 saturated heterocycles. The molecule has 4 heteroatoms. The van der Waals surface area contributed by atoms with Crippen molar-refractivity contribution in [3.8, 4) is 11.3 Å². The van der Waals surface area contributed by atoms with Gasteiger partial charge in [-0.05, 0) is 35.1 Å². The Kier molecular flexibility index (Phi) is 5.22. The number of hydrogen-bond donors (Lipinski definition) is 1. The standard InChI is InChI=1S/C24H22N2OS/c1-16(2)17-9-11-18(12-10-17)23-14-21(20-7-3-4-8-22(20)26-23)24(27)25-15-19-6-5-13-28-19/h3-14,16H,15H2,1-2H3,(H,25,27). The smallest absolute Gasteiger partial charge is 0.252 e. The van der Waals surface area contributed by atoms with Crippen molar-refractivity contribution in [1.29, 1.82) is 0 Å². The maximum Gasteiger partial charge on any atom is 0.252 e. The second-order valence-electron chi connectivity index (χ2n) is 7.11. The van der Waals surface area contributed by atoms with E-state index in [4.69, 9.17) is 4.98 Å². The third-order valence-electron chi connectivity index (χ3n) is 4.84. The van der Waals surface area contributed by atoms with Crippen LogP contribution in [0.4, 0.5) is 0 Å². The second kappa shape index (κ2) is 7.95. The van der Waals surface area contributed by atoms with Crippen LogP contribution in [0.15, 0.2) is 72.1 Å². The molecule has 0 fully saturated rings. The van der Waals surface area contributed by atoms with Crippen LogP contribution in [0.25, 0.3) is 22.2 Å².